The van der Waals surface area contributed by atoms with Crippen LogP contribution in [0.25, 0.3) is 0 Å². The first-order valence-corrected chi connectivity index (χ1v) is 6.58. The van der Waals surface area contributed by atoms with Crippen LogP contribution in [0.1, 0.15) is 21.5 Å². The molecular formula is C15H15O2P. The molecule has 92 valence electrons. The molecule has 0 spiro atoms. The second kappa shape index (κ2) is 5.79. The molecule has 1 atom stereocenters. The molecule has 0 amide bonds. The molecule has 0 aliphatic carbocycles. The molecule has 18 heavy (non-hydrogen) atoms. The van der Waals surface area contributed by atoms with E-state index in [2.05, 4.69) is 9.24 Å². The Labute approximate surface area is 109 Å². The second-order valence-electron chi connectivity index (χ2n) is 4.10. The monoisotopic (exact) mass is 258 g/mol. The average molecular weight is 258 g/mol. The lowest BCUT2D eigenvalue weighted by molar-refractivity contribution is 0.0735. The molecule has 0 heterocycles. The number of esters is 1. The summed E-state index contributed by atoms with van der Waals surface area (Å²) in [6.45, 7) is 1.99. The normalized spacial score (nSPS) is 10.1. The number of hydrogen-bond acceptors (Lipinski definition) is 2. The highest BCUT2D eigenvalue weighted by Gasteiger charge is 2.07. The van der Waals surface area contributed by atoms with E-state index in [1.54, 1.807) is 24.3 Å². The maximum absolute atomic E-state index is 11.9. The Morgan fingerprint density at radius 1 is 1.06 bits per heavy atom. The van der Waals surface area contributed by atoms with E-state index in [0.29, 0.717) is 11.3 Å². The third kappa shape index (κ3) is 3.18. The quantitative estimate of drug-likeness (QED) is 0.478. The topological polar surface area (TPSA) is 26.3 Å². The Hall–Kier alpha value is -1.66. The summed E-state index contributed by atoms with van der Waals surface area (Å²) in [5, 5.41) is 0. The van der Waals surface area contributed by atoms with Crippen LogP contribution < -0.4 is 4.74 Å². The van der Waals surface area contributed by atoms with E-state index >= 15 is 0 Å². The second-order valence-corrected chi connectivity index (χ2v) is 4.51. The fourth-order valence-electron chi connectivity index (χ4n) is 1.55. The van der Waals surface area contributed by atoms with Crippen LogP contribution in [0.15, 0.2) is 48.5 Å². The van der Waals surface area contributed by atoms with Gasteiger partial charge in [-0.1, -0.05) is 29.8 Å². The van der Waals surface area contributed by atoms with Gasteiger partial charge in [-0.3, -0.25) is 0 Å². The summed E-state index contributed by atoms with van der Waals surface area (Å²) >= 11 is 0. The Morgan fingerprint density at radius 2 is 1.67 bits per heavy atom. The predicted molar refractivity (Wildman–Crippen MR) is 76.0 cm³/mol. The fraction of sp³-hybridized carbons (Fsp3) is 0.133. The molecule has 2 aromatic carbocycles. The lowest BCUT2D eigenvalue weighted by Gasteiger charge is -2.05. The molecule has 0 aromatic heterocycles. The Kier molecular flexibility index (Phi) is 4.11. The van der Waals surface area contributed by atoms with Gasteiger partial charge >= 0.3 is 5.97 Å². The van der Waals surface area contributed by atoms with E-state index in [4.69, 9.17) is 4.74 Å². The molecule has 0 aliphatic rings. The number of aryl methyl sites for hydroxylation is 1. The van der Waals surface area contributed by atoms with Crippen LogP contribution in [0.5, 0.6) is 5.75 Å². The van der Waals surface area contributed by atoms with E-state index in [1.807, 2.05) is 31.2 Å². The minimum absolute atomic E-state index is 0.325. The van der Waals surface area contributed by atoms with E-state index < -0.39 is 0 Å². The number of ether oxygens (including phenoxy) is 1. The van der Waals surface area contributed by atoms with Crippen molar-refractivity contribution in [2.75, 3.05) is 0 Å². The summed E-state index contributed by atoms with van der Waals surface area (Å²) in [6.07, 6.45) is 0.882. The Bertz CT molecular complexity index is 529. The summed E-state index contributed by atoms with van der Waals surface area (Å²) in [6, 6.07) is 14.9. The van der Waals surface area contributed by atoms with Crippen LogP contribution in [-0.2, 0) is 6.16 Å². The van der Waals surface area contributed by atoms with Crippen LogP contribution in [0, 0.1) is 6.92 Å². The Balaban J connectivity index is 2.09. The van der Waals surface area contributed by atoms with Crippen LogP contribution in [0.4, 0.5) is 0 Å². The minimum atomic E-state index is -0.325. The first-order valence-electron chi connectivity index (χ1n) is 5.77. The minimum Gasteiger partial charge on any atom is -0.423 e. The number of hydrogen-bond donors (Lipinski definition) is 0. The molecule has 0 N–H and O–H groups in total. The number of rotatable bonds is 3. The molecule has 0 radical (unpaired) electrons. The fourth-order valence-corrected chi connectivity index (χ4v) is 1.82. The standard InChI is InChI=1S/C15H15O2P/c1-11-2-8-14(9-3-11)17-15(16)13-6-4-12(10-18)5-7-13/h2-9H,10,18H2,1H3. The molecular weight excluding hydrogens is 243 g/mol. The van der Waals surface area contributed by atoms with Gasteiger partial charge in [0.05, 0.1) is 5.56 Å². The van der Waals surface area contributed by atoms with Crippen molar-refractivity contribution in [3.63, 3.8) is 0 Å². The van der Waals surface area contributed by atoms with Crippen molar-refractivity contribution in [3.8, 4) is 5.75 Å². The van der Waals surface area contributed by atoms with Crippen LogP contribution in [0.2, 0.25) is 0 Å². The van der Waals surface area contributed by atoms with E-state index in [0.717, 1.165) is 11.7 Å². The van der Waals surface area contributed by atoms with E-state index in [9.17, 15) is 4.79 Å². The van der Waals surface area contributed by atoms with Crippen molar-refractivity contribution in [2.45, 2.75) is 13.1 Å². The number of carbonyl (C=O) groups excluding carboxylic acids is 1. The van der Waals surface area contributed by atoms with Gasteiger partial charge < -0.3 is 4.74 Å². The molecule has 3 heteroatoms. The molecule has 2 aromatic rings. The van der Waals surface area contributed by atoms with Crippen molar-refractivity contribution in [2.24, 2.45) is 0 Å². The van der Waals surface area contributed by atoms with Gasteiger partial charge in [-0.2, -0.15) is 0 Å². The summed E-state index contributed by atoms with van der Waals surface area (Å²) in [5.41, 5.74) is 2.88. The van der Waals surface area contributed by atoms with Gasteiger partial charge in [-0.05, 0) is 42.9 Å². The lowest BCUT2D eigenvalue weighted by atomic mass is 10.1. The molecule has 0 aliphatic heterocycles. The first-order chi connectivity index (χ1) is 8.69. The van der Waals surface area contributed by atoms with Crippen LogP contribution in [-0.4, -0.2) is 5.97 Å². The van der Waals surface area contributed by atoms with E-state index in [-0.39, 0.29) is 5.97 Å². The predicted octanol–water partition coefficient (Wildman–Crippen LogP) is 3.59. The molecule has 0 saturated heterocycles. The highest BCUT2D eigenvalue weighted by atomic mass is 31.0. The van der Waals surface area contributed by atoms with Gasteiger partial charge in [-0.15, -0.1) is 9.24 Å². The van der Waals surface area contributed by atoms with Gasteiger partial charge in [0.1, 0.15) is 5.75 Å². The van der Waals surface area contributed by atoms with Gasteiger partial charge in [0.15, 0.2) is 0 Å². The summed E-state index contributed by atoms with van der Waals surface area (Å²) < 4.78 is 5.28. The third-order valence-electron chi connectivity index (χ3n) is 2.66. The maximum atomic E-state index is 11.9. The average Bonchev–Trinajstić information content (AvgIpc) is 2.41. The molecule has 2 nitrogen and oxygen atoms in total. The van der Waals surface area contributed by atoms with E-state index in [1.165, 1.54) is 5.56 Å². The van der Waals surface area contributed by atoms with Gasteiger partial charge in [0.25, 0.3) is 0 Å². The van der Waals surface area contributed by atoms with Crippen LogP contribution >= 0.6 is 9.24 Å². The lowest BCUT2D eigenvalue weighted by Crippen LogP contribution is -2.08. The maximum Gasteiger partial charge on any atom is 0.343 e. The zero-order valence-electron chi connectivity index (χ0n) is 10.2. The van der Waals surface area contributed by atoms with Crippen molar-refractivity contribution in [1.29, 1.82) is 0 Å². The van der Waals surface area contributed by atoms with Crippen molar-refractivity contribution in [3.05, 3.63) is 65.2 Å². The third-order valence-corrected chi connectivity index (χ3v) is 3.13. The van der Waals surface area contributed by atoms with Crippen molar-refractivity contribution in [1.82, 2.24) is 0 Å². The first kappa shape index (κ1) is 12.8. The largest absolute Gasteiger partial charge is 0.423 e. The highest BCUT2D eigenvalue weighted by molar-refractivity contribution is 7.15. The number of benzene rings is 2. The Morgan fingerprint density at radius 3 is 2.22 bits per heavy atom. The zero-order valence-corrected chi connectivity index (χ0v) is 11.4. The molecule has 1 unspecified atom stereocenters. The summed E-state index contributed by atoms with van der Waals surface area (Å²) in [4.78, 5) is 11.9. The zero-order chi connectivity index (χ0) is 13.0. The molecule has 0 bridgehead atoms. The smallest absolute Gasteiger partial charge is 0.343 e. The molecule has 0 fully saturated rings. The van der Waals surface area contributed by atoms with Crippen molar-refractivity contribution < 1.29 is 9.53 Å². The summed E-state index contributed by atoms with van der Waals surface area (Å²) in [7, 11) is 2.65. The van der Waals surface area contributed by atoms with Gasteiger partial charge in [0, 0.05) is 0 Å². The number of carbonyl (C=O) groups is 1. The molecule has 0 saturated carbocycles. The van der Waals surface area contributed by atoms with Gasteiger partial charge in [-0.25, -0.2) is 4.79 Å². The molecule has 2 rings (SSSR count). The van der Waals surface area contributed by atoms with Crippen molar-refractivity contribution >= 4 is 15.2 Å². The highest BCUT2D eigenvalue weighted by Crippen LogP contribution is 2.14. The SMILES string of the molecule is Cc1ccc(OC(=O)c2ccc(CP)cc2)cc1. The van der Waals surface area contributed by atoms with Gasteiger partial charge in [0.2, 0.25) is 0 Å². The summed E-state index contributed by atoms with van der Waals surface area (Å²) in [5.74, 6) is 0.245. The van der Waals surface area contributed by atoms with Crippen LogP contribution in [0.3, 0.4) is 0 Å².